The van der Waals surface area contributed by atoms with Gasteiger partial charge in [-0.3, -0.25) is 9.36 Å². The molecular weight excluding hydrogens is 314 g/mol. The average molecular weight is 335 g/mol. The summed E-state index contributed by atoms with van der Waals surface area (Å²) in [5.74, 6) is 1.82. The molecule has 1 aliphatic heterocycles. The Morgan fingerprint density at radius 1 is 1.32 bits per heavy atom. The van der Waals surface area contributed by atoms with Crippen LogP contribution in [0.25, 0.3) is 11.2 Å². The van der Waals surface area contributed by atoms with Gasteiger partial charge in [0.15, 0.2) is 11.2 Å². The Kier molecular flexibility index (Phi) is 3.04. The maximum atomic E-state index is 12.2. The molecule has 6 nitrogen and oxygen atoms in total. The first kappa shape index (κ1) is 14.7. The lowest BCUT2D eigenvalue weighted by molar-refractivity contribution is 0.355. The maximum Gasteiger partial charge on any atom is 0.300 e. The van der Waals surface area contributed by atoms with Gasteiger partial charge in [-0.25, -0.2) is 4.98 Å². The van der Waals surface area contributed by atoms with Gasteiger partial charge in [0.25, 0.3) is 0 Å². The minimum absolute atomic E-state index is 0.0287. The molecule has 2 aliphatic rings. The van der Waals surface area contributed by atoms with E-state index in [1.165, 1.54) is 12.0 Å². The minimum Gasteiger partial charge on any atom is -0.348 e. The van der Waals surface area contributed by atoms with Crippen molar-refractivity contribution in [2.24, 2.45) is 11.8 Å². The number of anilines is 1. The van der Waals surface area contributed by atoms with Crippen LogP contribution in [0.15, 0.2) is 41.5 Å². The summed E-state index contributed by atoms with van der Waals surface area (Å²) in [5.41, 5.74) is 2.33. The number of aromatic amines is 1. The number of benzene rings is 1. The fourth-order valence-corrected chi connectivity index (χ4v) is 4.77. The molecule has 0 saturated heterocycles. The fourth-order valence-electron chi connectivity index (χ4n) is 4.77. The van der Waals surface area contributed by atoms with Crippen LogP contribution in [0.4, 0.5) is 5.95 Å². The Labute approximate surface area is 145 Å². The SMILES string of the molecule is CC1CC(Cc2ccccc2)CC12Cn1c(nc(=O)c3[nH]cnc31)N2. The van der Waals surface area contributed by atoms with Gasteiger partial charge in [0.2, 0.25) is 5.95 Å². The molecule has 3 heterocycles. The summed E-state index contributed by atoms with van der Waals surface area (Å²) in [6, 6.07) is 10.7. The van der Waals surface area contributed by atoms with E-state index in [0.717, 1.165) is 19.4 Å². The third-order valence-electron chi connectivity index (χ3n) is 6.00. The quantitative estimate of drug-likeness (QED) is 0.755. The fraction of sp³-hybridized carbons (Fsp3) is 0.421. The highest BCUT2D eigenvalue weighted by atomic mass is 16.1. The number of nitrogens with zero attached hydrogens (tertiary/aromatic N) is 3. The van der Waals surface area contributed by atoms with Crippen molar-refractivity contribution in [2.45, 2.75) is 38.3 Å². The van der Waals surface area contributed by atoms with Crippen molar-refractivity contribution < 1.29 is 0 Å². The van der Waals surface area contributed by atoms with Crippen LogP contribution in [-0.4, -0.2) is 25.1 Å². The van der Waals surface area contributed by atoms with E-state index in [1.54, 1.807) is 6.33 Å². The Balaban J connectivity index is 1.45. The molecule has 1 spiro atoms. The summed E-state index contributed by atoms with van der Waals surface area (Å²) in [7, 11) is 0. The van der Waals surface area contributed by atoms with E-state index in [0.29, 0.717) is 28.9 Å². The van der Waals surface area contributed by atoms with Gasteiger partial charge in [-0.15, -0.1) is 0 Å². The smallest absolute Gasteiger partial charge is 0.300 e. The summed E-state index contributed by atoms with van der Waals surface area (Å²) in [6.07, 6.45) is 4.95. The molecule has 128 valence electrons. The zero-order valence-electron chi connectivity index (χ0n) is 14.2. The molecule has 6 heteroatoms. The van der Waals surface area contributed by atoms with Crippen molar-refractivity contribution in [1.29, 1.82) is 0 Å². The van der Waals surface area contributed by atoms with Crippen LogP contribution in [0.1, 0.15) is 25.3 Å². The second kappa shape index (κ2) is 5.18. The highest BCUT2D eigenvalue weighted by Gasteiger charge is 2.49. The number of imidazole rings is 1. The van der Waals surface area contributed by atoms with E-state index < -0.39 is 0 Å². The molecule has 1 aliphatic carbocycles. The summed E-state index contributed by atoms with van der Waals surface area (Å²) >= 11 is 0. The number of aromatic nitrogens is 4. The van der Waals surface area contributed by atoms with Crippen molar-refractivity contribution >= 4 is 17.1 Å². The predicted molar refractivity (Wildman–Crippen MR) is 96.5 cm³/mol. The van der Waals surface area contributed by atoms with Gasteiger partial charge >= 0.3 is 5.56 Å². The summed E-state index contributed by atoms with van der Waals surface area (Å²) in [6.45, 7) is 3.13. The normalized spacial score (nSPS) is 27.7. The van der Waals surface area contributed by atoms with Crippen molar-refractivity contribution in [1.82, 2.24) is 19.5 Å². The lowest BCUT2D eigenvalue weighted by atomic mass is 9.89. The monoisotopic (exact) mass is 335 g/mol. The van der Waals surface area contributed by atoms with Crippen molar-refractivity contribution in [2.75, 3.05) is 5.32 Å². The number of hydrogen-bond donors (Lipinski definition) is 2. The largest absolute Gasteiger partial charge is 0.348 e. The van der Waals surface area contributed by atoms with E-state index in [4.69, 9.17) is 0 Å². The van der Waals surface area contributed by atoms with Gasteiger partial charge in [0.1, 0.15) is 0 Å². The molecular formula is C19H21N5O. The van der Waals surface area contributed by atoms with Gasteiger partial charge in [-0.1, -0.05) is 37.3 Å². The predicted octanol–water partition coefficient (Wildman–Crippen LogP) is 2.57. The molecule has 0 radical (unpaired) electrons. The zero-order valence-corrected chi connectivity index (χ0v) is 14.2. The van der Waals surface area contributed by atoms with E-state index in [1.807, 2.05) is 0 Å². The summed E-state index contributed by atoms with van der Waals surface area (Å²) < 4.78 is 2.06. The van der Waals surface area contributed by atoms with Crippen molar-refractivity contribution in [3.63, 3.8) is 0 Å². The minimum atomic E-state index is -0.241. The molecule has 1 fully saturated rings. The lowest BCUT2D eigenvalue weighted by Crippen LogP contribution is -2.39. The molecule has 0 bridgehead atoms. The molecule has 5 rings (SSSR count). The Bertz CT molecular complexity index is 992. The molecule has 2 N–H and O–H groups in total. The molecule has 3 unspecified atom stereocenters. The number of nitrogens with one attached hydrogen (secondary N) is 2. The second-order valence-corrected chi connectivity index (χ2v) is 7.61. The highest BCUT2D eigenvalue weighted by molar-refractivity contribution is 5.72. The van der Waals surface area contributed by atoms with Gasteiger partial charge in [0.05, 0.1) is 18.4 Å². The number of fused-ring (bicyclic) bond motifs is 3. The second-order valence-electron chi connectivity index (χ2n) is 7.61. The van der Waals surface area contributed by atoms with Gasteiger partial charge in [-0.05, 0) is 36.7 Å². The molecule has 0 amide bonds. The number of rotatable bonds is 2. The van der Waals surface area contributed by atoms with Crippen LogP contribution in [0.3, 0.4) is 0 Å². The van der Waals surface area contributed by atoms with Gasteiger partial charge in [-0.2, -0.15) is 4.98 Å². The highest BCUT2D eigenvalue weighted by Crippen LogP contribution is 2.47. The van der Waals surface area contributed by atoms with Crippen molar-refractivity contribution in [3.8, 4) is 0 Å². The number of H-pyrrole nitrogens is 1. The summed E-state index contributed by atoms with van der Waals surface area (Å²) in [5, 5.41) is 3.60. The van der Waals surface area contributed by atoms with Crippen LogP contribution in [0.5, 0.6) is 0 Å². The maximum absolute atomic E-state index is 12.2. The average Bonchev–Trinajstić information content (AvgIpc) is 3.27. The number of hydrogen-bond acceptors (Lipinski definition) is 4. The van der Waals surface area contributed by atoms with Crippen LogP contribution in [-0.2, 0) is 13.0 Å². The van der Waals surface area contributed by atoms with E-state index in [-0.39, 0.29) is 11.1 Å². The Morgan fingerprint density at radius 3 is 3.00 bits per heavy atom. The van der Waals surface area contributed by atoms with E-state index in [2.05, 4.69) is 62.1 Å². The van der Waals surface area contributed by atoms with E-state index >= 15 is 0 Å². The molecule has 3 atom stereocenters. The van der Waals surface area contributed by atoms with Crippen molar-refractivity contribution in [3.05, 3.63) is 52.6 Å². The van der Waals surface area contributed by atoms with Gasteiger partial charge < -0.3 is 10.3 Å². The van der Waals surface area contributed by atoms with Crippen LogP contribution in [0, 0.1) is 11.8 Å². The first-order valence-corrected chi connectivity index (χ1v) is 8.91. The van der Waals surface area contributed by atoms with Crippen LogP contribution < -0.4 is 10.9 Å². The topological polar surface area (TPSA) is 75.6 Å². The molecule has 1 aromatic carbocycles. The standard InChI is InChI=1S/C19H21N5O/c1-12-7-14(8-13-5-3-2-4-6-13)9-19(12)10-24-16-15(20-11-21-16)17(25)22-18(24)23-19/h2-6,11-12,14H,7-10H2,1H3,(H,20,21)(H,22,23,25). The molecule has 25 heavy (non-hydrogen) atoms. The van der Waals surface area contributed by atoms with Crippen LogP contribution in [0.2, 0.25) is 0 Å². The lowest BCUT2D eigenvalue weighted by Gasteiger charge is -2.28. The first-order chi connectivity index (χ1) is 12.1. The molecule has 1 saturated carbocycles. The van der Waals surface area contributed by atoms with Gasteiger partial charge in [0, 0.05) is 0 Å². The summed E-state index contributed by atoms with van der Waals surface area (Å²) in [4.78, 5) is 23.7. The third kappa shape index (κ3) is 2.20. The first-order valence-electron chi connectivity index (χ1n) is 8.91. The zero-order chi connectivity index (χ0) is 17.0. The molecule has 3 aromatic rings. The Morgan fingerprint density at radius 2 is 2.16 bits per heavy atom. The van der Waals surface area contributed by atoms with E-state index in [9.17, 15) is 4.79 Å². The van der Waals surface area contributed by atoms with Crippen LogP contribution >= 0.6 is 0 Å². The Hall–Kier alpha value is -2.63. The third-order valence-corrected chi connectivity index (χ3v) is 6.00. The molecule has 2 aromatic heterocycles.